The first-order valence-electron chi connectivity index (χ1n) is 5.78. The third-order valence-electron chi connectivity index (χ3n) is 3.13. The Morgan fingerprint density at radius 1 is 1.55 bits per heavy atom. The predicted octanol–water partition coefficient (Wildman–Crippen LogP) is -0.218. The van der Waals surface area contributed by atoms with E-state index < -0.39 is 5.97 Å². The van der Waals surface area contributed by atoms with Crippen LogP contribution in [0, 0.1) is 0 Å². The quantitative estimate of drug-likeness (QED) is 0.519. The standard InChI is InChI=1S/C11H10N4O4S/c16-2-1-5(6-3-12-14-13-6)8-9(17)15-7(11(18)19)4-20-10(8)15/h3-4,10,16H,1-2H2,(H,18,19)(H,12,13,14)/b8-5-/t10-/m1/s1. The smallest absolute Gasteiger partial charge is 0.353 e. The molecule has 3 heterocycles. The van der Waals surface area contributed by atoms with Gasteiger partial charge in [-0.2, -0.15) is 0 Å². The molecule has 0 bridgehead atoms. The zero-order valence-electron chi connectivity index (χ0n) is 10.1. The van der Waals surface area contributed by atoms with Gasteiger partial charge < -0.3 is 10.2 Å². The van der Waals surface area contributed by atoms with E-state index in [0.29, 0.717) is 16.8 Å². The average molecular weight is 294 g/mol. The molecule has 1 fully saturated rings. The highest BCUT2D eigenvalue weighted by Crippen LogP contribution is 2.47. The zero-order chi connectivity index (χ0) is 14.3. The minimum absolute atomic E-state index is 0.0164. The van der Waals surface area contributed by atoms with Crippen molar-refractivity contribution in [1.82, 2.24) is 20.3 Å². The maximum Gasteiger partial charge on any atom is 0.353 e. The van der Waals surface area contributed by atoms with Gasteiger partial charge in [0.1, 0.15) is 16.8 Å². The molecule has 20 heavy (non-hydrogen) atoms. The van der Waals surface area contributed by atoms with E-state index in [0.717, 1.165) is 0 Å². The highest BCUT2D eigenvalue weighted by Gasteiger charge is 2.51. The number of carbonyl (C=O) groups excluding carboxylic acids is 1. The van der Waals surface area contributed by atoms with Crippen molar-refractivity contribution in [2.45, 2.75) is 11.8 Å². The minimum Gasteiger partial charge on any atom is -0.477 e. The van der Waals surface area contributed by atoms with Crippen molar-refractivity contribution in [1.29, 1.82) is 0 Å². The summed E-state index contributed by atoms with van der Waals surface area (Å²) in [5, 5.41) is 29.2. The second-order valence-electron chi connectivity index (χ2n) is 4.20. The minimum atomic E-state index is -1.13. The van der Waals surface area contributed by atoms with Crippen molar-refractivity contribution in [2.75, 3.05) is 6.61 Å². The molecule has 3 N–H and O–H groups in total. The molecule has 8 nitrogen and oxygen atoms in total. The molecule has 2 aliphatic rings. The Bertz CT molecular complexity index is 637. The fourth-order valence-electron chi connectivity index (χ4n) is 2.25. The number of aliphatic carboxylic acids is 1. The molecule has 1 atom stereocenters. The van der Waals surface area contributed by atoms with Gasteiger partial charge in [0.2, 0.25) is 0 Å². The SMILES string of the molecule is O=C(O)C1=CS[C@@H]2/C(=C(/CCO)c3c[nH]nn3)C(=O)N12. The van der Waals surface area contributed by atoms with Crippen molar-refractivity contribution in [3.63, 3.8) is 0 Å². The summed E-state index contributed by atoms with van der Waals surface area (Å²) in [6.45, 7) is -0.129. The van der Waals surface area contributed by atoms with Crippen LogP contribution in [0.1, 0.15) is 12.1 Å². The molecule has 0 aliphatic carbocycles. The van der Waals surface area contributed by atoms with Crippen molar-refractivity contribution in [2.24, 2.45) is 0 Å². The maximum absolute atomic E-state index is 12.2. The normalized spacial score (nSPS) is 23.2. The van der Waals surface area contributed by atoms with Gasteiger partial charge in [0.25, 0.3) is 5.91 Å². The summed E-state index contributed by atoms with van der Waals surface area (Å²) in [5.41, 5.74) is 1.55. The molecule has 0 unspecified atom stereocenters. The number of fused-ring (bicyclic) bond motifs is 1. The van der Waals surface area contributed by atoms with Gasteiger partial charge in [-0.3, -0.25) is 14.8 Å². The van der Waals surface area contributed by atoms with Crippen LogP contribution in [0.4, 0.5) is 0 Å². The van der Waals surface area contributed by atoms with Gasteiger partial charge in [-0.15, -0.1) is 16.9 Å². The highest BCUT2D eigenvalue weighted by atomic mass is 32.2. The van der Waals surface area contributed by atoms with Crippen molar-refractivity contribution in [3.8, 4) is 0 Å². The Morgan fingerprint density at radius 2 is 2.35 bits per heavy atom. The van der Waals surface area contributed by atoms with Crippen LogP contribution in [-0.4, -0.2) is 54.4 Å². The highest BCUT2D eigenvalue weighted by molar-refractivity contribution is 8.03. The number of nitrogens with one attached hydrogen (secondary N) is 1. The summed E-state index contributed by atoms with van der Waals surface area (Å²) in [6.07, 6.45) is 1.81. The molecule has 0 spiro atoms. The van der Waals surface area contributed by atoms with Gasteiger partial charge in [0.05, 0.1) is 5.57 Å². The lowest BCUT2D eigenvalue weighted by Gasteiger charge is -2.38. The van der Waals surface area contributed by atoms with Crippen LogP contribution in [-0.2, 0) is 9.59 Å². The molecule has 3 rings (SSSR count). The van der Waals surface area contributed by atoms with E-state index in [1.54, 1.807) is 6.20 Å². The van der Waals surface area contributed by atoms with Crippen LogP contribution in [0.25, 0.3) is 5.57 Å². The first kappa shape index (κ1) is 12.9. The van der Waals surface area contributed by atoms with Gasteiger partial charge in [0.15, 0.2) is 0 Å². The maximum atomic E-state index is 12.2. The molecule has 0 radical (unpaired) electrons. The first-order valence-corrected chi connectivity index (χ1v) is 6.72. The third kappa shape index (κ3) is 1.74. The molecule has 104 valence electrons. The van der Waals surface area contributed by atoms with Crippen LogP contribution in [0.15, 0.2) is 22.9 Å². The number of β-lactam (4-membered cyclic amide) rings is 1. The van der Waals surface area contributed by atoms with E-state index in [4.69, 9.17) is 10.2 Å². The summed E-state index contributed by atoms with van der Waals surface area (Å²) in [4.78, 5) is 24.4. The summed E-state index contributed by atoms with van der Waals surface area (Å²) in [5.74, 6) is -1.49. The number of hydrogen-bond donors (Lipinski definition) is 3. The lowest BCUT2D eigenvalue weighted by molar-refractivity contribution is -0.141. The fourth-order valence-corrected chi connectivity index (χ4v) is 3.43. The first-order chi connectivity index (χ1) is 9.65. The van der Waals surface area contributed by atoms with Gasteiger partial charge in [-0.25, -0.2) is 4.79 Å². The lowest BCUT2D eigenvalue weighted by atomic mass is 9.94. The number of aliphatic hydroxyl groups excluding tert-OH is 1. The van der Waals surface area contributed by atoms with E-state index in [1.807, 2.05) is 0 Å². The number of thioether (sulfide) groups is 1. The number of nitrogens with zero attached hydrogens (tertiary/aromatic N) is 3. The zero-order valence-corrected chi connectivity index (χ0v) is 10.9. The van der Waals surface area contributed by atoms with Crippen molar-refractivity contribution >= 4 is 29.2 Å². The Balaban J connectivity index is 1.98. The van der Waals surface area contributed by atoms with Crippen LogP contribution in [0.5, 0.6) is 0 Å². The number of aromatic amines is 1. The lowest BCUT2D eigenvalue weighted by Crippen LogP contribution is -2.51. The Morgan fingerprint density at radius 3 is 2.95 bits per heavy atom. The topological polar surface area (TPSA) is 119 Å². The largest absolute Gasteiger partial charge is 0.477 e. The molecular formula is C11H10N4O4S. The number of hydrogen-bond acceptors (Lipinski definition) is 6. The molecule has 0 saturated carbocycles. The second kappa shape index (κ2) is 4.76. The summed E-state index contributed by atoms with van der Waals surface area (Å²) < 4.78 is 0. The number of aliphatic hydroxyl groups is 1. The van der Waals surface area contributed by atoms with Crippen LogP contribution in [0.2, 0.25) is 0 Å². The second-order valence-corrected chi connectivity index (χ2v) is 5.15. The molecule has 9 heteroatoms. The molecule has 2 aliphatic heterocycles. The summed E-state index contributed by atoms with van der Waals surface area (Å²) >= 11 is 1.26. The van der Waals surface area contributed by atoms with Gasteiger partial charge in [-0.05, 0) is 12.0 Å². The van der Waals surface area contributed by atoms with Crippen LogP contribution < -0.4 is 0 Å². The number of carboxylic acid groups (broad SMARTS) is 1. The number of carboxylic acids is 1. The number of carbonyl (C=O) groups is 2. The molecule has 1 saturated heterocycles. The Kier molecular flexibility index (Phi) is 3.07. The number of amides is 1. The van der Waals surface area contributed by atoms with Crippen LogP contribution >= 0.6 is 11.8 Å². The van der Waals surface area contributed by atoms with E-state index >= 15 is 0 Å². The third-order valence-corrected chi connectivity index (χ3v) is 4.19. The van der Waals surface area contributed by atoms with E-state index in [2.05, 4.69) is 15.4 Å². The number of H-pyrrole nitrogens is 1. The molecule has 1 aromatic rings. The average Bonchev–Trinajstić information content (AvgIpc) is 3.05. The van der Waals surface area contributed by atoms with Crippen molar-refractivity contribution < 1.29 is 19.8 Å². The Hall–Kier alpha value is -2.13. The van der Waals surface area contributed by atoms with Gasteiger partial charge in [-0.1, -0.05) is 5.21 Å². The van der Waals surface area contributed by atoms with Crippen molar-refractivity contribution in [3.05, 3.63) is 28.6 Å². The molecule has 0 aromatic carbocycles. The van der Waals surface area contributed by atoms with Crippen LogP contribution in [0.3, 0.4) is 0 Å². The molecule has 1 amide bonds. The molecular weight excluding hydrogens is 284 g/mol. The monoisotopic (exact) mass is 294 g/mol. The predicted molar refractivity (Wildman–Crippen MR) is 68.9 cm³/mol. The van der Waals surface area contributed by atoms with E-state index in [9.17, 15) is 9.59 Å². The summed E-state index contributed by atoms with van der Waals surface area (Å²) in [6, 6.07) is 0. The van der Waals surface area contributed by atoms with Gasteiger partial charge in [0, 0.05) is 18.2 Å². The number of aromatic nitrogens is 3. The van der Waals surface area contributed by atoms with E-state index in [-0.39, 0.29) is 30.0 Å². The number of rotatable bonds is 4. The Labute approximate surface area is 117 Å². The summed E-state index contributed by atoms with van der Waals surface area (Å²) in [7, 11) is 0. The van der Waals surface area contributed by atoms with E-state index in [1.165, 1.54) is 22.1 Å². The fraction of sp³-hybridized carbons (Fsp3) is 0.273. The van der Waals surface area contributed by atoms with Gasteiger partial charge >= 0.3 is 5.97 Å². The molecule has 1 aromatic heterocycles.